The number of rotatable bonds is 6. The number of pyridine rings is 1. The zero-order valence-electron chi connectivity index (χ0n) is 21.1. The molecule has 0 radical (unpaired) electrons. The van der Waals surface area contributed by atoms with Gasteiger partial charge in [-0.25, -0.2) is 26.2 Å². The first-order chi connectivity index (χ1) is 18.7. The SMILES string of the molecule is CC(S)(C1CCN(C(=O)c2ccc(C(F)(F)F)nc2S(=O)(=O)C2CC2)CC1)S(=O)(=O)c1cc(F)cc(C(F)(F)F)c1. The van der Waals surface area contributed by atoms with E-state index in [-0.39, 0.29) is 44.8 Å². The highest BCUT2D eigenvalue weighted by Crippen LogP contribution is 2.43. The number of carbonyl (C=O) groups excluding carboxylic acids is 1. The van der Waals surface area contributed by atoms with Gasteiger partial charge < -0.3 is 4.90 Å². The summed E-state index contributed by atoms with van der Waals surface area (Å²) in [6, 6.07) is 2.17. The Labute approximate surface area is 236 Å². The Bertz CT molecular complexity index is 1580. The van der Waals surface area contributed by atoms with Crippen LogP contribution in [0.25, 0.3) is 0 Å². The molecule has 1 aromatic carbocycles. The summed E-state index contributed by atoms with van der Waals surface area (Å²) in [4.78, 5) is 16.8. The highest BCUT2D eigenvalue weighted by molar-refractivity contribution is 8.06. The van der Waals surface area contributed by atoms with Crippen molar-refractivity contribution in [2.75, 3.05) is 13.1 Å². The third kappa shape index (κ3) is 6.07. The molecule has 226 valence electrons. The van der Waals surface area contributed by atoms with E-state index < -0.39 is 85.7 Å². The van der Waals surface area contributed by atoms with Crippen LogP contribution in [-0.2, 0) is 32.0 Å². The monoisotopic (exact) mass is 648 g/mol. The number of carbonyl (C=O) groups is 1. The standard InChI is InChI=1S/C24H23F7N2O5S3/c1-22(39,41(37,38)17-11-14(23(26,27)28)10-15(25)12-17)13-6-8-33(9-7-13)21(34)18-4-5-19(24(29,30)31)32-20(18)40(35,36)16-2-3-16/h4-5,10-13,16,39H,2-3,6-9H2,1H3. The smallest absolute Gasteiger partial charge is 0.339 e. The van der Waals surface area contributed by atoms with Crippen molar-refractivity contribution in [1.82, 2.24) is 9.88 Å². The quantitative estimate of drug-likeness (QED) is 0.343. The largest absolute Gasteiger partial charge is 0.433 e. The van der Waals surface area contributed by atoms with E-state index in [1.807, 2.05) is 0 Å². The maximum absolute atomic E-state index is 13.9. The lowest BCUT2D eigenvalue weighted by molar-refractivity contribution is -0.141. The Morgan fingerprint density at radius 2 is 1.51 bits per heavy atom. The van der Waals surface area contributed by atoms with Crippen molar-refractivity contribution in [3.8, 4) is 0 Å². The predicted molar refractivity (Wildman–Crippen MR) is 134 cm³/mol. The zero-order chi connectivity index (χ0) is 30.8. The second-order valence-corrected chi connectivity index (χ2v) is 15.8. The highest BCUT2D eigenvalue weighted by atomic mass is 32.2. The molecular formula is C24H23F7N2O5S3. The van der Waals surface area contributed by atoms with Crippen LogP contribution in [0.15, 0.2) is 40.3 Å². The van der Waals surface area contributed by atoms with Gasteiger partial charge in [-0.2, -0.15) is 39.0 Å². The first-order valence-corrected chi connectivity index (χ1v) is 15.6. The van der Waals surface area contributed by atoms with Crippen molar-refractivity contribution in [3.63, 3.8) is 0 Å². The molecular weight excluding hydrogens is 625 g/mol. The van der Waals surface area contributed by atoms with Gasteiger partial charge in [0.05, 0.1) is 21.3 Å². The molecule has 2 fully saturated rings. The third-order valence-electron chi connectivity index (χ3n) is 7.21. The molecule has 1 aliphatic heterocycles. The van der Waals surface area contributed by atoms with Gasteiger partial charge in [0.25, 0.3) is 5.91 Å². The fourth-order valence-electron chi connectivity index (χ4n) is 4.64. The average Bonchev–Trinajstić information content (AvgIpc) is 3.73. The number of thiol groups is 1. The lowest BCUT2D eigenvalue weighted by Gasteiger charge is -2.39. The van der Waals surface area contributed by atoms with E-state index in [0.29, 0.717) is 18.2 Å². The van der Waals surface area contributed by atoms with Crippen molar-refractivity contribution >= 4 is 38.2 Å². The number of amides is 1. The van der Waals surface area contributed by atoms with Gasteiger partial charge in [-0.05, 0) is 68.9 Å². The van der Waals surface area contributed by atoms with Crippen LogP contribution in [0.4, 0.5) is 30.7 Å². The summed E-state index contributed by atoms with van der Waals surface area (Å²) in [5.74, 6) is -3.18. The Morgan fingerprint density at radius 1 is 0.927 bits per heavy atom. The molecule has 1 unspecified atom stereocenters. The number of likely N-dealkylation sites (tertiary alicyclic amines) is 1. The second-order valence-electron chi connectivity index (χ2n) is 10.1. The fraction of sp³-hybridized carbons (Fsp3) is 0.500. The zero-order valence-corrected chi connectivity index (χ0v) is 23.7. The molecule has 0 spiro atoms. The van der Waals surface area contributed by atoms with Crippen LogP contribution in [0, 0.1) is 11.7 Å². The lowest BCUT2D eigenvalue weighted by Crippen LogP contribution is -2.46. The molecule has 17 heteroatoms. The van der Waals surface area contributed by atoms with E-state index in [0.717, 1.165) is 17.9 Å². The van der Waals surface area contributed by atoms with Crippen LogP contribution in [0.3, 0.4) is 0 Å². The lowest BCUT2D eigenvalue weighted by atomic mass is 9.93. The molecule has 41 heavy (non-hydrogen) atoms. The molecule has 1 saturated carbocycles. The predicted octanol–water partition coefficient (Wildman–Crippen LogP) is 5.17. The number of hydrogen-bond acceptors (Lipinski definition) is 7. The van der Waals surface area contributed by atoms with E-state index in [4.69, 9.17) is 0 Å². The van der Waals surface area contributed by atoms with E-state index >= 15 is 0 Å². The Morgan fingerprint density at radius 3 is 2.02 bits per heavy atom. The molecule has 1 aromatic heterocycles. The molecule has 0 N–H and O–H groups in total. The van der Waals surface area contributed by atoms with Crippen molar-refractivity contribution in [1.29, 1.82) is 0 Å². The van der Waals surface area contributed by atoms with E-state index in [9.17, 15) is 52.4 Å². The minimum Gasteiger partial charge on any atom is -0.339 e. The molecule has 0 bridgehead atoms. The summed E-state index contributed by atoms with van der Waals surface area (Å²) in [7, 11) is -8.98. The van der Waals surface area contributed by atoms with Crippen molar-refractivity contribution in [2.24, 2.45) is 5.92 Å². The van der Waals surface area contributed by atoms with Gasteiger partial charge in [0.1, 0.15) is 15.6 Å². The molecule has 2 heterocycles. The summed E-state index contributed by atoms with van der Waals surface area (Å²) in [6.07, 6.45) is -9.67. The summed E-state index contributed by atoms with van der Waals surface area (Å²) in [5, 5.41) is -1.93. The molecule has 2 aliphatic rings. The second kappa shape index (κ2) is 10.4. The van der Waals surface area contributed by atoms with E-state index in [1.54, 1.807) is 0 Å². The Kier molecular flexibility index (Phi) is 8.00. The first-order valence-electron chi connectivity index (χ1n) is 12.1. The summed E-state index contributed by atoms with van der Waals surface area (Å²) < 4.78 is 143. The van der Waals surface area contributed by atoms with Crippen LogP contribution in [0.1, 0.15) is 54.2 Å². The first kappa shape index (κ1) is 31.5. The van der Waals surface area contributed by atoms with Crippen molar-refractivity contribution in [3.05, 3.63) is 53.0 Å². The van der Waals surface area contributed by atoms with Crippen LogP contribution in [0.5, 0.6) is 0 Å². The maximum atomic E-state index is 13.9. The molecule has 1 amide bonds. The van der Waals surface area contributed by atoms with Crippen LogP contribution in [0.2, 0.25) is 0 Å². The topological polar surface area (TPSA) is 101 Å². The molecule has 1 aliphatic carbocycles. The highest BCUT2D eigenvalue weighted by Gasteiger charge is 2.47. The summed E-state index contributed by atoms with van der Waals surface area (Å²) in [6.45, 7) is 0.804. The number of piperidine rings is 1. The number of halogens is 7. The number of aromatic nitrogens is 1. The Balaban J connectivity index is 1.58. The maximum Gasteiger partial charge on any atom is 0.433 e. The van der Waals surface area contributed by atoms with Gasteiger partial charge in [-0.3, -0.25) is 4.79 Å². The van der Waals surface area contributed by atoms with E-state index in [2.05, 4.69) is 17.6 Å². The van der Waals surface area contributed by atoms with Gasteiger partial charge in [-0.1, -0.05) is 0 Å². The molecule has 7 nitrogen and oxygen atoms in total. The number of nitrogens with zero attached hydrogens (tertiary/aromatic N) is 2. The van der Waals surface area contributed by atoms with Gasteiger partial charge in [-0.15, -0.1) is 0 Å². The van der Waals surface area contributed by atoms with Crippen molar-refractivity contribution in [2.45, 2.75) is 64.2 Å². The van der Waals surface area contributed by atoms with E-state index in [1.165, 1.54) is 0 Å². The van der Waals surface area contributed by atoms with Gasteiger partial charge >= 0.3 is 12.4 Å². The van der Waals surface area contributed by atoms with Crippen LogP contribution >= 0.6 is 12.6 Å². The van der Waals surface area contributed by atoms with Gasteiger partial charge in [0.2, 0.25) is 0 Å². The van der Waals surface area contributed by atoms with Gasteiger partial charge in [0.15, 0.2) is 24.7 Å². The molecule has 1 saturated heterocycles. The number of hydrogen-bond donors (Lipinski definition) is 1. The minimum absolute atomic E-state index is 0.0643. The Hall–Kier alpha value is -2.40. The summed E-state index contributed by atoms with van der Waals surface area (Å²) in [5.41, 5.74) is -3.53. The molecule has 4 rings (SSSR count). The normalized spacial score (nSPS) is 19.2. The van der Waals surface area contributed by atoms with Gasteiger partial charge in [0, 0.05) is 13.1 Å². The van der Waals surface area contributed by atoms with Crippen LogP contribution < -0.4 is 0 Å². The number of benzene rings is 1. The third-order valence-corrected chi connectivity index (χ3v) is 12.8. The van der Waals surface area contributed by atoms with Crippen molar-refractivity contribution < 1.29 is 52.4 Å². The fourth-order valence-corrected chi connectivity index (χ4v) is 8.68. The minimum atomic E-state index is -5.01. The summed E-state index contributed by atoms with van der Waals surface area (Å²) >= 11 is 4.24. The average molecular weight is 649 g/mol. The number of alkyl halides is 6. The molecule has 2 aromatic rings. The molecule has 1 atom stereocenters. The van der Waals surface area contributed by atoms with Crippen LogP contribution in [-0.4, -0.2) is 55.0 Å². The number of sulfone groups is 2.